The van der Waals surface area contributed by atoms with Gasteiger partial charge in [0.15, 0.2) is 0 Å². The van der Waals surface area contributed by atoms with E-state index in [1.165, 1.54) is 6.07 Å². The fourth-order valence-corrected chi connectivity index (χ4v) is 0.990. The molecule has 4 nitrogen and oxygen atoms in total. The molecular formula is C10H12FNO3. The summed E-state index contributed by atoms with van der Waals surface area (Å²) in [5.74, 6) is 0.0592. The lowest BCUT2D eigenvalue weighted by Gasteiger charge is -2.06. The molecule has 0 bridgehead atoms. The highest BCUT2D eigenvalue weighted by Gasteiger charge is 2.00. The molecule has 0 spiro atoms. The minimum atomic E-state index is -1.10. The molecule has 0 aliphatic rings. The lowest BCUT2D eigenvalue weighted by Crippen LogP contribution is -2.26. The zero-order valence-corrected chi connectivity index (χ0v) is 8.29. The van der Waals surface area contributed by atoms with E-state index in [1.54, 1.807) is 19.1 Å². The van der Waals surface area contributed by atoms with Gasteiger partial charge in [-0.2, -0.15) is 0 Å². The van der Waals surface area contributed by atoms with Crippen molar-refractivity contribution in [2.24, 2.45) is 0 Å². The smallest absolute Gasteiger partial charge is 0.404 e. The van der Waals surface area contributed by atoms with Crippen LogP contribution in [-0.2, 0) is 0 Å². The van der Waals surface area contributed by atoms with Crippen LogP contribution in [0.1, 0.15) is 5.56 Å². The summed E-state index contributed by atoms with van der Waals surface area (Å²) in [6.45, 7) is 2.00. The first kappa shape index (κ1) is 11.3. The van der Waals surface area contributed by atoms with E-state index in [9.17, 15) is 9.18 Å². The van der Waals surface area contributed by atoms with Crippen LogP contribution in [-0.4, -0.2) is 24.4 Å². The SMILES string of the molecule is Cc1ccc(OCCNC(=O)O)cc1F. The molecule has 1 amide bonds. The van der Waals surface area contributed by atoms with E-state index >= 15 is 0 Å². The van der Waals surface area contributed by atoms with E-state index < -0.39 is 6.09 Å². The van der Waals surface area contributed by atoms with Crippen molar-refractivity contribution in [2.45, 2.75) is 6.92 Å². The number of halogens is 1. The van der Waals surface area contributed by atoms with Crippen molar-refractivity contribution in [3.05, 3.63) is 29.6 Å². The van der Waals surface area contributed by atoms with Gasteiger partial charge in [-0.3, -0.25) is 0 Å². The minimum absolute atomic E-state index is 0.171. The Morgan fingerprint density at radius 2 is 2.33 bits per heavy atom. The first-order chi connectivity index (χ1) is 7.09. The van der Waals surface area contributed by atoms with Gasteiger partial charge in [0.1, 0.15) is 18.2 Å². The second-order valence-electron chi connectivity index (χ2n) is 2.99. The Balaban J connectivity index is 2.38. The van der Waals surface area contributed by atoms with E-state index in [0.29, 0.717) is 11.3 Å². The summed E-state index contributed by atoms with van der Waals surface area (Å²) in [4.78, 5) is 10.1. The van der Waals surface area contributed by atoms with Crippen LogP contribution in [0.4, 0.5) is 9.18 Å². The van der Waals surface area contributed by atoms with E-state index in [4.69, 9.17) is 9.84 Å². The third kappa shape index (κ3) is 3.84. The molecule has 0 radical (unpaired) electrons. The Morgan fingerprint density at radius 1 is 1.60 bits per heavy atom. The molecule has 0 aliphatic heterocycles. The van der Waals surface area contributed by atoms with Crippen LogP contribution in [0, 0.1) is 12.7 Å². The lowest BCUT2D eigenvalue weighted by atomic mass is 10.2. The van der Waals surface area contributed by atoms with Crippen LogP contribution < -0.4 is 10.1 Å². The summed E-state index contributed by atoms with van der Waals surface area (Å²) in [5, 5.41) is 10.4. The van der Waals surface area contributed by atoms with Crippen LogP contribution in [0.15, 0.2) is 18.2 Å². The molecule has 0 saturated heterocycles. The number of aryl methyl sites for hydroxylation is 1. The average molecular weight is 213 g/mol. The fraction of sp³-hybridized carbons (Fsp3) is 0.300. The van der Waals surface area contributed by atoms with Gasteiger partial charge >= 0.3 is 6.09 Å². The highest BCUT2D eigenvalue weighted by Crippen LogP contribution is 2.15. The van der Waals surface area contributed by atoms with Gasteiger partial charge in [-0.05, 0) is 18.6 Å². The van der Waals surface area contributed by atoms with Gasteiger partial charge in [0.25, 0.3) is 0 Å². The Bertz CT molecular complexity index is 355. The third-order valence-electron chi connectivity index (χ3n) is 1.79. The number of carbonyl (C=O) groups is 1. The number of rotatable bonds is 4. The summed E-state index contributed by atoms with van der Waals surface area (Å²) < 4.78 is 18.2. The normalized spacial score (nSPS) is 9.73. The lowest BCUT2D eigenvalue weighted by molar-refractivity contribution is 0.191. The van der Waals surface area contributed by atoms with Gasteiger partial charge in [-0.25, -0.2) is 9.18 Å². The molecule has 0 saturated carbocycles. The van der Waals surface area contributed by atoms with Crippen LogP contribution in [0.2, 0.25) is 0 Å². The van der Waals surface area contributed by atoms with E-state index in [2.05, 4.69) is 5.32 Å². The predicted molar refractivity (Wildman–Crippen MR) is 52.7 cm³/mol. The van der Waals surface area contributed by atoms with E-state index in [-0.39, 0.29) is 19.0 Å². The molecule has 15 heavy (non-hydrogen) atoms. The Hall–Kier alpha value is -1.78. The topological polar surface area (TPSA) is 58.6 Å². The first-order valence-corrected chi connectivity index (χ1v) is 4.45. The molecule has 0 aliphatic carbocycles. The Labute approximate surface area is 86.7 Å². The molecular weight excluding hydrogens is 201 g/mol. The quantitative estimate of drug-likeness (QED) is 0.749. The van der Waals surface area contributed by atoms with Crippen LogP contribution >= 0.6 is 0 Å². The van der Waals surface area contributed by atoms with Crippen molar-refractivity contribution in [3.63, 3.8) is 0 Å². The molecule has 1 aromatic carbocycles. The van der Waals surface area contributed by atoms with Gasteiger partial charge in [-0.1, -0.05) is 6.07 Å². The maximum atomic E-state index is 13.0. The molecule has 0 unspecified atom stereocenters. The largest absolute Gasteiger partial charge is 0.492 e. The molecule has 0 aromatic heterocycles. The maximum Gasteiger partial charge on any atom is 0.404 e. The minimum Gasteiger partial charge on any atom is -0.492 e. The summed E-state index contributed by atoms with van der Waals surface area (Å²) in [5.41, 5.74) is 0.547. The number of carboxylic acid groups (broad SMARTS) is 1. The third-order valence-corrected chi connectivity index (χ3v) is 1.79. The van der Waals surface area contributed by atoms with Crippen LogP contribution in [0.25, 0.3) is 0 Å². The zero-order chi connectivity index (χ0) is 11.3. The van der Waals surface area contributed by atoms with Crippen molar-refractivity contribution in [1.29, 1.82) is 0 Å². The number of amides is 1. The summed E-state index contributed by atoms with van der Waals surface area (Å²) in [6.07, 6.45) is -1.10. The highest BCUT2D eigenvalue weighted by molar-refractivity contribution is 5.64. The average Bonchev–Trinajstić information content (AvgIpc) is 2.18. The summed E-state index contributed by atoms with van der Waals surface area (Å²) in [7, 11) is 0. The second-order valence-corrected chi connectivity index (χ2v) is 2.99. The first-order valence-electron chi connectivity index (χ1n) is 4.45. The van der Waals surface area contributed by atoms with Gasteiger partial charge < -0.3 is 15.2 Å². The van der Waals surface area contributed by atoms with E-state index in [0.717, 1.165) is 0 Å². The van der Waals surface area contributed by atoms with E-state index in [1.807, 2.05) is 0 Å². The predicted octanol–water partition coefficient (Wildman–Crippen LogP) is 1.78. The highest BCUT2D eigenvalue weighted by atomic mass is 19.1. The van der Waals surface area contributed by atoms with Gasteiger partial charge in [0.2, 0.25) is 0 Å². The monoisotopic (exact) mass is 213 g/mol. The number of ether oxygens (including phenoxy) is 1. The molecule has 1 rings (SSSR count). The van der Waals surface area contributed by atoms with Crippen LogP contribution in [0.3, 0.4) is 0 Å². The van der Waals surface area contributed by atoms with Crippen LogP contribution in [0.5, 0.6) is 5.75 Å². The number of benzene rings is 1. The Morgan fingerprint density at radius 3 is 2.93 bits per heavy atom. The number of hydrogen-bond donors (Lipinski definition) is 2. The van der Waals surface area contributed by atoms with Gasteiger partial charge in [-0.15, -0.1) is 0 Å². The van der Waals surface area contributed by atoms with Crippen molar-refractivity contribution in [1.82, 2.24) is 5.32 Å². The zero-order valence-electron chi connectivity index (χ0n) is 8.29. The molecule has 5 heteroatoms. The number of nitrogens with one attached hydrogen (secondary N) is 1. The molecule has 2 N–H and O–H groups in total. The summed E-state index contributed by atoms with van der Waals surface area (Å²) >= 11 is 0. The van der Waals surface area contributed by atoms with Gasteiger partial charge in [0, 0.05) is 6.07 Å². The van der Waals surface area contributed by atoms with Crippen molar-refractivity contribution in [3.8, 4) is 5.75 Å². The standard InChI is InChI=1S/C10H12FNO3/c1-7-2-3-8(6-9(7)11)15-5-4-12-10(13)14/h2-3,6,12H,4-5H2,1H3,(H,13,14). The molecule has 0 fully saturated rings. The van der Waals surface area contributed by atoms with Crippen molar-refractivity contribution in [2.75, 3.05) is 13.2 Å². The fourth-order valence-electron chi connectivity index (χ4n) is 0.990. The van der Waals surface area contributed by atoms with Crippen molar-refractivity contribution >= 4 is 6.09 Å². The molecule has 82 valence electrons. The molecule has 0 atom stereocenters. The maximum absolute atomic E-state index is 13.0. The van der Waals surface area contributed by atoms with Crippen molar-refractivity contribution < 1.29 is 19.0 Å². The second kappa shape index (κ2) is 5.19. The molecule has 0 heterocycles. The molecule has 1 aromatic rings. The van der Waals surface area contributed by atoms with Gasteiger partial charge in [0.05, 0.1) is 6.54 Å². The number of hydrogen-bond acceptors (Lipinski definition) is 2. The summed E-state index contributed by atoms with van der Waals surface area (Å²) in [6, 6.07) is 4.52. The Kier molecular flexibility index (Phi) is 3.91.